The molecule has 4 N–H and O–H groups in total. The van der Waals surface area contributed by atoms with Crippen LogP contribution in [0, 0.1) is 5.82 Å². The molecule has 8 nitrogen and oxygen atoms in total. The summed E-state index contributed by atoms with van der Waals surface area (Å²) in [6.45, 7) is 0.515. The first-order valence-corrected chi connectivity index (χ1v) is 10.7. The zero-order valence-electron chi connectivity index (χ0n) is 17.9. The number of amides is 1. The Labute approximate surface area is 189 Å². The van der Waals surface area contributed by atoms with Gasteiger partial charge in [-0.25, -0.2) is 4.39 Å². The van der Waals surface area contributed by atoms with E-state index in [2.05, 4.69) is 10.3 Å². The minimum absolute atomic E-state index is 0.0328. The second kappa shape index (κ2) is 11.1. The van der Waals surface area contributed by atoms with Gasteiger partial charge >= 0.3 is 5.97 Å². The number of hydrogen-bond acceptors (Lipinski definition) is 5. The van der Waals surface area contributed by atoms with Gasteiger partial charge in [-0.15, -0.1) is 0 Å². The molecule has 0 atom stereocenters. The summed E-state index contributed by atoms with van der Waals surface area (Å²) in [7, 11) is 0. The Morgan fingerprint density at radius 1 is 1.00 bits per heavy atom. The highest BCUT2D eigenvalue weighted by atomic mass is 19.1. The van der Waals surface area contributed by atoms with E-state index in [1.54, 1.807) is 24.3 Å². The Hall–Kier alpha value is -3.88. The monoisotopic (exact) mass is 456 g/mol. The molecule has 0 saturated heterocycles. The molecule has 9 heteroatoms. The lowest BCUT2D eigenvalue weighted by Gasteiger charge is -2.10. The molecule has 174 valence electrons. The first-order chi connectivity index (χ1) is 15.8. The quantitative estimate of drug-likeness (QED) is 0.316. The number of pyridine rings is 1. The van der Waals surface area contributed by atoms with Gasteiger partial charge in [-0.1, -0.05) is 19.3 Å². The van der Waals surface area contributed by atoms with Crippen molar-refractivity contribution >= 4 is 28.5 Å². The smallest absolute Gasteiger partial charge is 0.303 e. The van der Waals surface area contributed by atoms with E-state index < -0.39 is 34.6 Å². The topological polar surface area (TPSA) is 129 Å². The number of ether oxygens (including phenoxy) is 1. The number of hydrogen-bond donors (Lipinski definition) is 4. The molecule has 0 saturated carbocycles. The number of carbonyl (C=O) groups is 2. The standard InChI is InChI=1S/C24H25FN2O6/c25-15-7-12-19-18(14-15)22(30)21(24(32)27-19)23(31)26-16-8-10-17(11-9-16)33-13-5-3-1-2-4-6-20(28)29/h7-12,14H,1-6,13H2,(H,26,31)(H,28,29)(H2,27,30,32). The van der Waals surface area contributed by atoms with Gasteiger partial charge in [-0.2, -0.15) is 0 Å². The maximum absolute atomic E-state index is 13.5. The zero-order chi connectivity index (χ0) is 23.8. The third-order valence-corrected chi connectivity index (χ3v) is 5.09. The summed E-state index contributed by atoms with van der Waals surface area (Å²) in [5.41, 5.74) is -0.676. The molecule has 0 unspecified atom stereocenters. The van der Waals surface area contributed by atoms with E-state index in [-0.39, 0.29) is 17.3 Å². The summed E-state index contributed by atoms with van der Waals surface area (Å²) in [4.78, 5) is 37.8. The van der Waals surface area contributed by atoms with Crippen LogP contribution in [0.4, 0.5) is 10.1 Å². The number of H-pyrrole nitrogens is 1. The summed E-state index contributed by atoms with van der Waals surface area (Å²) in [5.74, 6) is -2.18. The maximum atomic E-state index is 13.5. The van der Waals surface area contributed by atoms with Gasteiger partial charge in [0.15, 0.2) is 0 Å². The number of unbranched alkanes of at least 4 members (excludes halogenated alkanes) is 4. The summed E-state index contributed by atoms with van der Waals surface area (Å²) in [6.07, 6.45) is 4.51. The van der Waals surface area contributed by atoms with E-state index in [1.165, 1.54) is 6.07 Å². The third kappa shape index (κ3) is 6.55. The van der Waals surface area contributed by atoms with Crippen LogP contribution < -0.4 is 15.6 Å². The number of nitrogens with one attached hydrogen (secondary N) is 2. The van der Waals surface area contributed by atoms with Crippen molar-refractivity contribution in [3.8, 4) is 11.5 Å². The van der Waals surface area contributed by atoms with Crippen molar-refractivity contribution in [2.45, 2.75) is 38.5 Å². The predicted octanol–water partition coefficient (Wildman–Crippen LogP) is 4.43. The normalized spacial score (nSPS) is 10.8. The van der Waals surface area contributed by atoms with Crippen LogP contribution in [0.1, 0.15) is 48.9 Å². The van der Waals surface area contributed by atoms with Gasteiger partial charge in [0.1, 0.15) is 22.9 Å². The number of aliphatic carboxylic acids is 1. The van der Waals surface area contributed by atoms with Crippen LogP contribution in [0.25, 0.3) is 10.9 Å². The van der Waals surface area contributed by atoms with Crippen molar-refractivity contribution in [3.63, 3.8) is 0 Å². The van der Waals surface area contributed by atoms with Crippen molar-refractivity contribution in [3.05, 3.63) is 64.2 Å². The number of benzene rings is 2. The molecule has 1 aromatic heterocycles. The fraction of sp³-hybridized carbons (Fsp3) is 0.292. The number of fused-ring (bicyclic) bond motifs is 1. The molecule has 0 aliphatic carbocycles. The van der Waals surface area contributed by atoms with E-state index in [1.807, 2.05) is 0 Å². The van der Waals surface area contributed by atoms with E-state index >= 15 is 0 Å². The van der Waals surface area contributed by atoms with Crippen molar-refractivity contribution in [2.75, 3.05) is 11.9 Å². The Bertz CT molecular complexity index is 1190. The number of aromatic amines is 1. The highest BCUT2D eigenvalue weighted by Gasteiger charge is 2.19. The molecule has 33 heavy (non-hydrogen) atoms. The van der Waals surface area contributed by atoms with Gasteiger partial charge < -0.3 is 25.3 Å². The second-order valence-electron chi connectivity index (χ2n) is 7.61. The Kier molecular flexibility index (Phi) is 8.01. The van der Waals surface area contributed by atoms with Gasteiger partial charge in [-0.3, -0.25) is 14.4 Å². The first kappa shape index (κ1) is 23.8. The lowest BCUT2D eigenvalue weighted by Crippen LogP contribution is -2.23. The largest absolute Gasteiger partial charge is 0.506 e. The van der Waals surface area contributed by atoms with E-state index in [0.717, 1.165) is 37.8 Å². The lowest BCUT2D eigenvalue weighted by atomic mass is 10.1. The van der Waals surface area contributed by atoms with Crippen molar-refractivity contribution in [1.29, 1.82) is 0 Å². The summed E-state index contributed by atoms with van der Waals surface area (Å²) in [5, 5.41) is 21.5. The summed E-state index contributed by atoms with van der Waals surface area (Å²) in [6, 6.07) is 10.0. The maximum Gasteiger partial charge on any atom is 0.303 e. The number of carboxylic acids is 1. The Morgan fingerprint density at radius 2 is 1.70 bits per heavy atom. The van der Waals surface area contributed by atoms with Crippen LogP contribution in [-0.2, 0) is 4.79 Å². The number of anilines is 1. The van der Waals surface area contributed by atoms with Crippen molar-refractivity contribution in [2.24, 2.45) is 0 Å². The van der Waals surface area contributed by atoms with Gasteiger partial charge in [-0.05, 0) is 55.3 Å². The number of carboxylic acid groups (broad SMARTS) is 1. The molecule has 0 aliphatic heterocycles. The number of carbonyl (C=O) groups excluding carboxylic acids is 1. The van der Waals surface area contributed by atoms with Crippen LogP contribution in [-0.4, -0.2) is 33.7 Å². The van der Waals surface area contributed by atoms with E-state index in [0.29, 0.717) is 24.5 Å². The molecule has 0 aliphatic rings. The molecular weight excluding hydrogens is 431 g/mol. The van der Waals surface area contributed by atoms with E-state index in [4.69, 9.17) is 9.84 Å². The highest BCUT2D eigenvalue weighted by Crippen LogP contribution is 2.26. The van der Waals surface area contributed by atoms with Gasteiger partial charge in [0.05, 0.1) is 12.1 Å². The third-order valence-electron chi connectivity index (χ3n) is 5.09. The molecule has 3 rings (SSSR count). The number of aromatic nitrogens is 1. The molecule has 3 aromatic rings. The predicted molar refractivity (Wildman–Crippen MR) is 121 cm³/mol. The molecule has 0 bridgehead atoms. The van der Waals surface area contributed by atoms with Gasteiger partial charge in [0.2, 0.25) is 0 Å². The Morgan fingerprint density at radius 3 is 2.42 bits per heavy atom. The van der Waals surface area contributed by atoms with Crippen LogP contribution in [0.2, 0.25) is 0 Å². The fourth-order valence-corrected chi connectivity index (χ4v) is 3.39. The molecule has 1 amide bonds. The van der Waals surface area contributed by atoms with Crippen molar-refractivity contribution < 1.29 is 28.9 Å². The molecule has 1 heterocycles. The molecule has 0 radical (unpaired) electrons. The molecule has 0 spiro atoms. The fourth-order valence-electron chi connectivity index (χ4n) is 3.39. The first-order valence-electron chi connectivity index (χ1n) is 10.7. The minimum Gasteiger partial charge on any atom is -0.506 e. The van der Waals surface area contributed by atoms with E-state index in [9.17, 15) is 23.9 Å². The molecular formula is C24H25FN2O6. The van der Waals surface area contributed by atoms with Gasteiger partial charge in [0, 0.05) is 17.5 Å². The zero-order valence-corrected chi connectivity index (χ0v) is 17.9. The van der Waals surface area contributed by atoms with Crippen molar-refractivity contribution in [1.82, 2.24) is 4.98 Å². The van der Waals surface area contributed by atoms with Gasteiger partial charge in [0.25, 0.3) is 11.5 Å². The minimum atomic E-state index is -0.823. The van der Waals surface area contributed by atoms with Crippen LogP contribution in [0.15, 0.2) is 47.3 Å². The SMILES string of the molecule is O=C(O)CCCCCCCOc1ccc(NC(=O)c2c(O)c3cc(F)ccc3[nH]c2=O)cc1. The lowest BCUT2D eigenvalue weighted by molar-refractivity contribution is -0.137. The number of halogens is 1. The molecule has 2 aromatic carbocycles. The Balaban J connectivity index is 1.52. The number of rotatable bonds is 11. The number of aromatic hydroxyl groups is 1. The highest BCUT2D eigenvalue weighted by molar-refractivity contribution is 6.08. The van der Waals surface area contributed by atoms with Crippen LogP contribution in [0.3, 0.4) is 0 Å². The average molecular weight is 456 g/mol. The van der Waals surface area contributed by atoms with Crippen LogP contribution >= 0.6 is 0 Å². The summed E-state index contributed by atoms with van der Waals surface area (Å²) < 4.78 is 19.2. The molecule has 0 fully saturated rings. The summed E-state index contributed by atoms with van der Waals surface area (Å²) >= 11 is 0. The second-order valence-corrected chi connectivity index (χ2v) is 7.61. The van der Waals surface area contributed by atoms with Crippen LogP contribution in [0.5, 0.6) is 11.5 Å². The average Bonchev–Trinajstić information content (AvgIpc) is 2.77.